The number of carbonyl (C=O) groups excluding carboxylic acids is 2. The SMILES string of the molecule is CCC(C)(NC(=O)C(C)Sc1ccc(OC)cc1)C(=O)OC. The Bertz CT molecular complexity index is 517. The van der Waals surface area contributed by atoms with E-state index in [1.54, 1.807) is 21.0 Å². The van der Waals surface area contributed by atoms with Crippen molar-refractivity contribution in [2.24, 2.45) is 0 Å². The number of thioether (sulfide) groups is 1. The molecule has 0 aliphatic heterocycles. The molecular weight excluding hydrogens is 302 g/mol. The van der Waals surface area contributed by atoms with Crippen molar-refractivity contribution in [1.29, 1.82) is 0 Å². The van der Waals surface area contributed by atoms with E-state index in [0.29, 0.717) is 6.42 Å². The topological polar surface area (TPSA) is 64.6 Å². The Hall–Kier alpha value is -1.69. The van der Waals surface area contributed by atoms with Crippen LogP contribution in [-0.4, -0.2) is 36.9 Å². The van der Waals surface area contributed by atoms with Gasteiger partial charge in [-0.15, -0.1) is 11.8 Å². The maximum Gasteiger partial charge on any atom is 0.331 e. The highest BCUT2D eigenvalue weighted by Gasteiger charge is 2.35. The molecule has 2 unspecified atom stereocenters. The van der Waals surface area contributed by atoms with E-state index in [2.05, 4.69) is 5.32 Å². The van der Waals surface area contributed by atoms with E-state index < -0.39 is 11.5 Å². The van der Waals surface area contributed by atoms with Crippen LogP contribution in [0.2, 0.25) is 0 Å². The highest BCUT2D eigenvalue weighted by Crippen LogP contribution is 2.26. The Morgan fingerprint density at radius 2 is 1.86 bits per heavy atom. The summed E-state index contributed by atoms with van der Waals surface area (Å²) in [5.41, 5.74) is -0.999. The summed E-state index contributed by atoms with van der Waals surface area (Å²) in [4.78, 5) is 25.1. The minimum atomic E-state index is -0.999. The smallest absolute Gasteiger partial charge is 0.331 e. The van der Waals surface area contributed by atoms with Crippen molar-refractivity contribution in [3.05, 3.63) is 24.3 Å². The molecule has 0 saturated heterocycles. The fourth-order valence-corrected chi connectivity index (χ4v) is 2.66. The summed E-state index contributed by atoms with van der Waals surface area (Å²) in [5, 5.41) is 2.45. The van der Waals surface area contributed by atoms with Crippen LogP contribution < -0.4 is 10.1 Å². The predicted octanol–water partition coefficient (Wildman–Crippen LogP) is 2.63. The first-order valence-electron chi connectivity index (χ1n) is 7.07. The number of carbonyl (C=O) groups is 2. The second kappa shape index (κ2) is 8.08. The molecule has 0 bridgehead atoms. The Balaban J connectivity index is 2.69. The van der Waals surface area contributed by atoms with Crippen LogP contribution >= 0.6 is 11.8 Å². The van der Waals surface area contributed by atoms with Gasteiger partial charge in [-0.1, -0.05) is 6.92 Å². The van der Waals surface area contributed by atoms with Crippen LogP contribution in [0.25, 0.3) is 0 Å². The lowest BCUT2D eigenvalue weighted by Gasteiger charge is -2.27. The quantitative estimate of drug-likeness (QED) is 0.617. The summed E-state index contributed by atoms with van der Waals surface area (Å²) in [5.74, 6) is 0.131. The standard InChI is InChI=1S/C16H23NO4S/c1-6-16(3,15(19)21-5)17-14(18)11(2)22-13-9-7-12(20-4)8-10-13/h7-11H,6H2,1-5H3,(H,17,18). The fourth-order valence-electron chi connectivity index (χ4n) is 1.79. The van der Waals surface area contributed by atoms with Gasteiger partial charge in [0.05, 0.1) is 19.5 Å². The van der Waals surface area contributed by atoms with Crippen LogP contribution in [0.3, 0.4) is 0 Å². The van der Waals surface area contributed by atoms with Gasteiger partial charge >= 0.3 is 5.97 Å². The number of benzene rings is 1. The van der Waals surface area contributed by atoms with E-state index >= 15 is 0 Å². The zero-order valence-corrected chi connectivity index (χ0v) is 14.5. The molecule has 0 aromatic heterocycles. The Labute approximate surface area is 135 Å². The number of methoxy groups -OCH3 is 2. The number of amides is 1. The molecule has 5 nitrogen and oxygen atoms in total. The van der Waals surface area contributed by atoms with E-state index in [4.69, 9.17) is 9.47 Å². The summed E-state index contributed by atoms with van der Waals surface area (Å²) >= 11 is 1.42. The molecule has 6 heteroatoms. The second-order valence-corrected chi connectivity index (χ2v) is 6.52. The van der Waals surface area contributed by atoms with Gasteiger partial charge in [-0.2, -0.15) is 0 Å². The molecule has 1 aromatic carbocycles. The average Bonchev–Trinajstić information content (AvgIpc) is 2.54. The lowest BCUT2D eigenvalue weighted by atomic mass is 9.99. The third-order valence-corrected chi connectivity index (χ3v) is 4.60. The molecule has 0 saturated carbocycles. The van der Waals surface area contributed by atoms with Gasteiger partial charge < -0.3 is 14.8 Å². The van der Waals surface area contributed by atoms with Crippen LogP contribution in [-0.2, 0) is 14.3 Å². The molecular formula is C16H23NO4S. The van der Waals surface area contributed by atoms with E-state index in [0.717, 1.165) is 10.6 Å². The molecule has 0 radical (unpaired) electrons. The zero-order valence-electron chi connectivity index (χ0n) is 13.6. The number of hydrogen-bond donors (Lipinski definition) is 1. The van der Waals surface area contributed by atoms with E-state index in [1.165, 1.54) is 18.9 Å². The molecule has 122 valence electrons. The molecule has 0 aliphatic carbocycles. The van der Waals surface area contributed by atoms with Crippen molar-refractivity contribution in [2.75, 3.05) is 14.2 Å². The number of nitrogens with one attached hydrogen (secondary N) is 1. The minimum Gasteiger partial charge on any atom is -0.497 e. The van der Waals surface area contributed by atoms with Crippen molar-refractivity contribution in [3.63, 3.8) is 0 Å². The second-order valence-electron chi connectivity index (χ2n) is 5.10. The summed E-state index contributed by atoms with van der Waals surface area (Å²) < 4.78 is 9.86. The fraction of sp³-hybridized carbons (Fsp3) is 0.500. The molecule has 0 heterocycles. The van der Waals surface area contributed by atoms with Crippen molar-refractivity contribution in [3.8, 4) is 5.75 Å². The molecule has 0 spiro atoms. The highest BCUT2D eigenvalue weighted by atomic mass is 32.2. The highest BCUT2D eigenvalue weighted by molar-refractivity contribution is 8.00. The number of ether oxygens (including phenoxy) is 2. The van der Waals surface area contributed by atoms with Gasteiger partial charge in [-0.05, 0) is 44.5 Å². The van der Waals surface area contributed by atoms with Gasteiger partial charge in [0.25, 0.3) is 0 Å². The monoisotopic (exact) mass is 325 g/mol. The van der Waals surface area contributed by atoms with Gasteiger partial charge in [0.1, 0.15) is 11.3 Å². The average molecular weight is 325 g/mol. The van der Waals surface area contributed by atoms with Crippen LogP contribution in [0.15, 0.2) is 29.2 Å². The maximum atomic E-state index is 12.3. The largest absolute Gasteiger partial charge is 0.497 e. The van der Waals surface area contributed by atoms with Gasteiger partial charge in [0.15, 0.2) is 0 Å². The summed E-state index contributed by atoms with van der Waals surface area (Å²) in [6.07, 6.45) is 0.464. The first kappa shape index (κ1) is 18.4. The Morgan fingerprint density at radius 1 is 1.27 bits per heavy atom. The van der Waals surface area contributed by atoms with Gasteiger partial charge in [-0.3, -0.25) is 4.79 Å². The first-order chi connectivity index (χ1) is 10.4. The normalized spacial score (nSPS) is 14.6. The van der Waals surface area contributed by atoms with Crippen molar-refractivity contribution in [1.82, 2.24) is 5.32 Å². The molecule has 2 atom stereocenters. The summed E-state index contributed by atoms with van der Waals surface area (Å²) in [6, 6.07) is 7.48. The van der Waals surface area contributed by atoms with Crippen molar-refractivity contribution < 1.29 is 19.1 Å². The number of esters is 1. The molecule has 1 aromatic rings. The Morgan fingerprint density at radius 3 is 2.32 bits per heavy atom. The molecule has 22 heavy (non-hydrogen) atoms. The van der Waals surface area contributed by atoms with Gasteiger partial charge in [-0.25, -0.2) is 4.79 Å². The third kappa shape index (κ3) is 4.66. The maximum absolute atomic E-state index is 12.3. The Kier molecular flexibility index (Phi) is 6.74. The van der Waals surface area contributed by atoms with E-state index in [9.17, 15) is 9.59 Å². The molecule has 0 aliphatic rings. The molecule has 1 rings (SSSR count). The number of rotatable bonds is 7. The lowest BCUT2D eigenvalue weighted by Crippen LogP contribution is -2.54. The minimum absolute atomic E-state index is 0.199. The number of hydrogen-bond acceptors (Lipinski definition) is 5. The van der Waals surface area contributed by atoms with Gasteiger partial charge in [0, 0.05) is 4.90 Å². The zero-order chi connectivity index (χ0) is 16.8. The lowest BCUT2D eigenvalue weighted by molar-refractivity contribution is -0.150. The van der Waals surface area contributed by atoms with Crippen LogP contribution in [0, 0.1) is 0 Å². The van der Waals surface area contributed by atoms with Crippen molar-refractivity contribution in [2.45, 2.75) is 42.9 Å². The van der Waals surface area contributed by atoms with Crippen molar-refractivity contribution >= 4 is 23.6 Å². The van der Waals surface area contributed by atoms with E-state index in [1.807, 2.05) is 31.2 Å². The summed E-state index contributed by atoms with van der Waals surface area (Å²) in [7, 11) is 2.93. The van der Waals surface area contributed by atoms with Crippen LogP contribution in [0.1, 0.15) is 27.2 Å². The first-order valence-corrected chi connectivity index (χ1v) is 7.95. The molecule has 0 fully saturated rings. The van der Waals surface area contributed by atoms with Crippen LogP contribution in [0.4, 0.5) is 0 Å². The summed E-state index contributed by atoms with van der Waals surface area (Å²) in [6.45, 7) is 5.30. The van der Waals surface area contributed by atoms with Gasteiger partial charge in [0.2, 0.25) is 5.91 Å². The van der Waals surface area contributed by atoms with Crippen LogP contribution in [0.5, 0.6) is 5.75 Å². The third-order valence-electron chi connectivity index (χ3n) is 3.48. The predicted molar refractivity (Wildman–Crippen MR) is 87.2 cm³/mol. The van der Waals surface area contributed by atoms with E-state index in [-0.39, 0.29) is 11.2 Å². The molecule has 1 N–H and O–H groups in total. The molecule has 1 amide bonds.